The summed E-state index contributed by atoms with van der Waals surface area (Å²) < 4.78 is 37.8. The highest BCUT2D eigenvalue weighted by Crippen LogP contribution is 2.35. The summed E-state index contributed by atoms with van der Waals surface area (Å²) in [4.78, 5) is 10.6. The molecule has 6 heteroatoms. The predicted molar refractivity (Wildman–Crippen MR) is 78.6 cm³/mol. The lowest BCUT2D eigenvalue weighted by molar-refractivity contribution is -0.137. The average Bonchev–Trinajstić information content (AvgIpc) is 2.44. The zero-order valence-electron chi connectivity index (χ0n) is 11.1. The van der Waals surface area contributed by atoms with Crippen molar-refractivity contribution >= 4 is 23.6 Å². The van der Waals surface area contributed by atoms with E-state index in [0.29, 0.717) is 21.7 Å². The molecule has 0 bridgehead atoms. The van der Waals surface area contributed by atoms with E-state index in [0.717, 1.165) is 18.2 Å². The summed E-state index contributed by atoms with van der Waals surface area (Å²) in [6, 6.07) is 9.40. The minimum Gasteiger partial charge on any atom is -0.478 e. The molecule has 0 amide bonds. The van der Waals surface area contributed by atoms with Crippen molar-refractivity contribution in [3.63, 3.8) is 0 Å². The predicted octanol–water partition coefficient (Wildman–Crippen LogP) is 5.12. The molecule has 0 saturated heterocycles. The molecule has 0 saturated carbocycles. The van der Waals surface area contributed by atoms with Gasteiger partial charge in [0.15, 0.2) is 0 Å². The van der Waals surface area contributed by atoms with Crippen LogP contribution in [0.15, 0.2) is 48.5 Å². The second kappa shape index (κ2) is 6.23. The lowest BCUT2D eigenvalue weighted by atomic mass is 9.98. The van der Waals surface area contributed by atoms with Crippen LogP contribution in [0.1, 0.15) is 11.1 Å². The molecule has 0 aliphatic heterocycles. The number of carbonyl (C=O) groups is 1. The Labute approximate surface area is 129 Å². The van der Waals surface area contributed by atoms with Gasteiger partial charge < -0.3 is 5.11 Å². The van der Waals surface area contributed by atoms with Crippen LogP contribution in [0.25, 0.3) is 17.2 Å². The van der Waals surface area contributed by atoms with Gasteiger partial charge in [-0.05, 0) is 35.4 Å². The Hall–Kier alpha value is -2.27. The van der Waals surface area contributed by atoms with Gasteiger partial charge in [-0.25, -0.2) is 4.79 Å². The quantitative estimate of drug-likeness (QED) is 0.794. The number of aliphatic carboxylic acids is 1. The first-order chi connectivity index (χ1) is 10.3. The Balaban J connectivity index is 2.50. The summed E-state index contributed by atoms with van der Waals surface area (Å²) in [7, 11) is 0. The van der Waals surface area contributed by atoms with Gasteiger partial charge in [-0.2, -0.15) is 13.2 Å². The third-order valence-electron chi connectivity index (χ3n) is 2.95. The van der Waals surface area contributed by atoms with Gasteiger partial charge in [0.05, 0.1) is 5.56 Å². The summed E-state index contributed by atoms with van der Waals surface area (Å²) in [6.45, 7) is 0. The second-order valence-electron chi connectivity index (χ2n) is 4.45. The molecule has 22 heavy (non-hydrogen) atoms. The average molecular weight is 327 g/mol. The van der Waals surface area contributed by atoms with E-state index in [4.69, 9.17) is 16.7 Å². The van der Waals surface area contributed by atoms with E-state index in [1.807, 2.05) is 0 Å². The number of hydrogen-bond donors (Lipinski definition) is 1. The van der Waals surface area contributed by atoms with Crippen LogP contribution in [0.3, 0.4) is 0 Å². The van der Waals surface area contributed by atoms with E-state index in [1.54, 1.807) is 18.2 Å². The molecule has 0 spiro atoms. The fraction of sp³-hybridized carbons (Fsp3) is 0.0625. The van der Waals surface area contributed by atoms with E-state index in [2.05, 4.69) is 0 Å². The first-order valence-corrected chi connectivity index (χ1v) is 6.54. The summed E-state index contributed by atoms with van der Waals surface area (Å²) in [5.74, 6) is -1.13. The third-order valence-corrected chi connectivity index (χ3v) is 3.27. The molecule has 2 aromatic carbocycles. The number of carboxylic acid groups (broad SMARTS) is 1. The molecule has 0 fully saturated rings. The standard InChI is InChI=1S/C16H10ClF3O2/c17-13-3-1-2-10(6-9-14(21)22)15(13)11-4-7-12(8-5-11)16(18,19)20/h1-9H,(H,21,22). The van der Waals surface area contributed by atoms with E-state index in [-0.39, 0.29) is 0 Å². The Morgan fingerprint density at radius 2 is 1.73 bits per heavy atom. The Morgan fingerprint density at radius 3 is 2.27 bits per heavy atom. The van der Waals surface area contributed by atoms with Crippen molar-refractivity contribution in [1.29, 1.82) is 0 Å². The first kappa shape index (κ1) is 16.1. The maximum Gasteiger partial charge on any atom is 0.416 e. The molecule has 114 valence electrons. The van der Waals surface area contributed by atoms with Crippen LogP contribution < -0.4 is 0 Å². The minimum absolute atomic E-state index is 0.326. The maximum atomic E-state index is 12.6. The molecule has 0 heterocycles. The molecule has 0 aliphatic rings. The van der Waals surface area contributed by atoms with Gasteiger partial charge in [0.2, 0.25) is 0 Å². The van der Waals surface area contributed by atoms with Crippen molar-refractivity contribution < 1.29 is 23.1 Å². The fourth-order valence-corrected chi connectivity index (χ4v) is 2.26. The molecule has 2 nitrogen and oxygen atoms in total. The van der Waals surface area contributed by atoms with Crippen LogP contribution in [0.4, 0.5) is 13.2 Å². The van der Waals surface area contributed by atoms with Gasteiger partial charge in [-0.1, -0.05) is 35.9 Å². The van der Waals surface area contributed by atoms with Gasteiger partial charge in [-0.15, -0.1) is 0 Å². The molecule has 0 unspecified atom stereocenters. The van der Waals surface area contributed by atoms with Gasteiger partial charge >= 0.3 is 12.1 Å². The molecular formula is C16H10ClF3O2. The Bertz CT molecular complexity index is 719. The Morgan fingerprint density at radius 1 is 1.09 bits per heavy atom. The number of hydrogen-bond acceptors (Lipinski definition) is 1. The van der Waals surface area contributed by atoms with Crippen molar-refractivity contribution in [3.05, 3.63) is 64.7 Å². The SMILES string of the molecule is O=C(O)C=Cc1cccc(Cl)c1-c1ccc(C(F)(F)F)cc1. The zero-order chi connectivity index (χ0) is 16.3. The van der Waals surface area contributed by atoms with Crippen LogP contribution in [-0.2, 0) is 11.0 Å². The molecule has 2 aromatic rings. The number of halogens is 4. The normalized spacial score (nSPS) is 11.8. The maximum absolute atomic E-state index is 12.6. The summed E-state index contributed by atoms with van der Waals surface area (Å²) in [5, 5.41) is 9.01. The van der Waals surface area contributed by atoms with Crippen LogP contribution in [0, 0.1) is 0 Å². The lowest BCUT2D eigenvalue weighted by Crippen LogP contribution is -2.04. The highest BCUT2D eigenvalue weighted by atomic mass is 35.5. The van der Waals surface area contributed by atoms with Crippen molar-refractivity contribution in [2.24, 2.45) is 0 Å². The topological polar surface area (TPSA) is 37.3 Å². The van der Waals surface area contributed by atoms with E-state index >= 15 is 0 Å². The smallest absolute Gasteiger partial charge is 0.416 e. The van der Waals surface area contributed by atoms with Crippen LogP contribution in [0.5, 0.6) is 0 Å². The van der Waals surface area contributed by atoms with Gasteiger partial charge in [0, 0.05) is 16.7 Å². The minimum atomic E-state index is -4.41. The van der Waals surface area contributed by atoms with Crippen molar-refractivity contribution in [3.8, 4) is 11.1 Å². The lowest BCUT2D eigenvalue weighted by Gasteiger charge is -2.11. The first-order valence-electron chi connectivity index (χ1n) is 6.16. The van der Waals surface area contributed by atoms with Gasteiger partial charge in [0.25, 0.3) is 0 Å². The summed E-state index contributed by atoms with van der Waals surface area (Å²) in [6.07, 6.45) is -2.12. The second-order valence-corrected chi connectivity index (χ2v) is 4.86. The molecular weight excluding hydrogens is 317 g/mol. The zero-order valence-corrected chi connectivity index (χ0v) is 11.8. The van der Waals surface area contributed by atoms with E-state index in [1.165, 1.54) is 18.2 Å². The van der Waals surface area contributed by atoms with E-state index < -0.39 is 17.7 Å². The van der Waals surface area contributed by atoms with Gasteiger partial charge in [-0.3, -0.25) is 0 Å². The molecule has 1 N–H and O–H groups in total. The fourth-order valence-electron chi connectivity index (χ4n) is 1.97. The number of carboxylic acids is 1. The Kier molecular flexibility index (Phi) is 4.56. The monoisotopic (exact) mass is 326 g/mol. The van der Waals surface area contributed by atoms with E-state index in [9.17, 15) is 18.0 Å². The van der Waals surface area contributed by atoms with Crippen LogP contribution in [0.2, 0.25) is 5.02 Å². The van der Waals surface area contributed by atoms with Crippen molar-refractivity contribution in [2.75, 3.05) is 0 Å². The van der Waals surface area contributed by atoms with Crippen molar-refractivity contribution in [2.45, 2.75) is 6.18 Å². The van der Waals surface area contributed by atoms with Crippen molar-refractivity contribution in [1.82, 2.24) is 0 Å². The van der Waals surface area contributed by atoms with Crippen LogP contribution >= 0.6 is 11.6 Å². The van der Waals surface area contributed by atoms with Crippen LogP contribution in [-0.4, -0.2) is 11.1 Å². The molecule has 0 radical (unpaired) electrons. The number of rotatable bonds is 3. The number of benzene rings is 2. The highest BCUT2D eigenvalue weighted by molar-refractivity contribution is 6.33. The third kappa shape index (κ3) is 3.68. The summed E-state index contributed by atoms with van der Waals surface area (Å²) >= 11 is 6.11. The molecule has 0 aliphatic carbocycles. The molecule has 0 aromatic heterocycles. The number of alkyl halides is 3. The van der Waals surface area contributed by atoms with Gasteiger partial charge in [0.1, 0.15) is 0 Å². The largest absolute Gasteiger partial charge is 0.478 e. The molecule has 2 rings (SSSR count). The summed E-state index contributed by atoms with van der Waals surface area (Å²) in [5.41, 5.74) is 0.708. The molecule has 0 atom stereocenters. The highest BCUT2D eigenvalue weighted by Gasteiger charge is 2.30.